The van der Waals surface area contributed by atoms with Crippen molar-refractivity contribution < 1.29 is 41.9 Å². The van der Waals surface area contributed by atoms with E-state index < -0.39 is 55.0 Å². The van der Waals surface area contributed by atoms with Gasteiger partial charge in [0.1, 0.15) is 0 Å². The van der Waals surface area contributed by atoms with Gasteiger partial charge in [-0.15, -0.1) is 0 Å². The number of urea groups is 1. The van der Waals surface area contributed by atoms with Crippen LogP contribution in [0.1, 0.15) is 30.0 Å². The predicted molar refractivity (Wildman–Crippen MR) is 159 cm³/mol. The second kappa shape index (κ2) is 16.8. The average molecular weight is 647 g/mol. The van der Waals surface area contributed by atoms with E-state index in [4.69, 9.17) is 11.6 Å². The van der Waals surface area contributed by atoms with Crippen LogP contribution in [0.15, 0.2) is 78.9 Å². The maximum atomic E-state index is 12.6. The molecule has 10 nitrogen and oxygen atoms in total. The van der Waals surface area contributed by atoms with Gasteiger partial charge in [-0.25, -0.2) is 9.59 Å². The Kier molecular flexibility index (Phi) is 12.9. The van der Waals surface area contributed by atoms with Gasteiger partial charge in [0.05, 0.1) is 19.0 Å². The molecule has 4 N–H and O–H groups in total. The number of carbonyl (C=O) groups excluding carboxylic acids is 5. The molecule has 0 spiro atoms. The summed E-state index contributed by atoms with van der Waals surface area (Å²) in [5.74, 6) is -5.50. The predicted octanol–water partition coefficient (Wildman–Crippen LogP) is 4.23. The summed E-state index contributed by atoms with van der Waals surface area (Å²) in [6.45, 7) is -0.190. The zero-order valence-electron chi connectivity index (χ0n) is 23.8. The van der Waals surface area contributed by atoms with Gasteiger partial charge >= 0.3 is 24.1 Å². The lowest BCUT2D eigenvalue weighted by atomic mass is 9.99. The van der Waals surface area contributed by atoms with Crippen molar-refractivity contribution in [3.05, 3.63) is 95.0 Å². The number of halogens is 4. The van der Waals surface area contributed by atoms with Gasteiger partial charge in [-0.3, -0.25) is 14.4 Å². The van der Waals surface area contributed by atoms with Crippen LogP contribution in [0.3, 0.4) is 0 Å². The van der Waals surface area contributed by atoms with Crippen molar-refractivity contribution >= 4 is 41.4 Å². The third-order valence-corrected chi connectivity index (χ3v) is 6.51. The van der Waals surface area contributed by atoms with E-state index in [1.54, 1.807) is 36.4 Å². The van der Waals surface area contributed by atoms with Crippen LogP contribution in [0.2, 0.25) is 5.02 Å². The lowest BCUT2D eigenvalue weighted by molar-refractivity contribution is -0.202. The molecule has 1 atom stereocenters. The molecule has 45 heavy (non-hydrogen) atoms. The summed E-state index contributed by atoms with van der Waals surface area (Å²) < 4.78 is 41.6. The molecule has 0 saturated carbocycles. The molecule has 14 heteroatoms. The van der Waals surface area contributed by atoms with Gasteiger partial charge in [-0.1, -0.05) is 78.3 Å². The molecule has 0 aliphatic heterocycles. The minimum Gasteiger partial charge on any atom is -0.386 e. The molecular formula is C31H30ClF3N4O6. The SMILES string of the molecule is O=C(CCNC(=O)NCCc1ccc(Cl)cc1)NCC(=O)NC(CC(=O)OC(=O)C(F)(F)F)c1ccc(-c2ccccc2)cc1. The number of amides is 4. The molecule has 0 saturated heterocycles. The van der Waals surface area contributed by atoms with Crippen molar-refractivity contribution in [1.29, 1.82) is 0 Å². The summed E-state index contributed by atoms with van der Waals surface area (Å²) >= 11 is 5.84. The van der Waals surface area contributed by atoms with Crippen LogP contribution >= 0.6 is 11.6 Å². The van der Waals surface area contributed by atoms with E-state index in [2.05, 4.69) is 26.0 Å². The van der Waals surface area contributed by atoms with Gasteiger partial charge in [-0.2, -0.15) is 13.2 Å². The Morgan fingerprint density at radius 3 is 2.02 bits per heavy atom. The van der Waals surface area contributed by atoms with Crippen LogP contribution in [0.25, 0.3) is 11.1 Å². The van der Waals surface area contributed by atoms with Crippen LogP contribution in [-0.2, 0) is 30.3 Å². The smallest absolute Gasteiger partial charge is 0.386 e. The van der Waals surface area contributed by atoms with Gasteiger partial charge in [-0.05, 0) is 40.8 Å². The maximum Gasteiger partial charge on any atom is 0.491 e. The Morgan fingerprint density at radius 2 is 1.38 bits per heavy atom. The van der Waals surface area contributed by atoms with Crippen LogP contribution < -0.4 is 21.3 Å². The summed E-state index contributed by atoms with van der Waals surface area (Å²) in [7, 11) is 0. The normalized spacial score (nSPS) is 11.6. The van der Waals surface area contributed by atoms with Crippen molar-refractivity contribution in [3.8, 4) is 11.1 Å². The lowest BCUT2D eigenvalue weighted by Gasteiger charge is -2.19. The van der Waals surface area contributed by atoms with Crippen LogP contribution in [-0.4, -0.2) is 55.6 Å². The first-order valence-corrected chi connectivity index (χ1v) is 14.1. The molecule has 0 heterocycles. The van der Waals surface area contributed by atoms with Crippen molar-refractivity contribution in [2.45, 2.75) is 31.5 Å². The third kappa shape index (κ3) is 12.3. The molecule has 0 aliphatic rings. The Balaban J connectivity index is 1.48. The second-order valence-corrected chi connectivity index (χ2v) is 10.1. The number of alkyl halides is 3. The summed E-state index contributed by atoms with van der Waals surface area (Å²) in [4.78, 5) is 60.0. The van der Waals surface area contributed by atoms with Gasteiger partial charge < -0.3 is 26.0 Å². The summed E-state index contributed by atoms with van der Waals surface area (Å²) in [5, 5.41) is 10.6. The third-order valence-electron chi connectivity index (χ3n) is 6.26. The zero-order chi connectivity index (χ0) is 32.8. The molecule has 238 valence electrons. The van der Waals surface area contributed by atoms with Crippen LogP contribution in [0.4, 0.5) is 18.0 Å². The fourth-order valence-electron chi connectivity index (χ4n) is 4.00. The Bertz CT molecular complexity index is 1470. The fraction of sp³-hybridized carbons (Fsp3) is 0.258. The van der Waals surface area contributed by atoms with Crippen LogP contribution in [0, 0.1) is 0 Å². The van der Waals surface area contributed by atoms with Crippen molar-refractivity contribution in [3.63, 3.8) is 0 Å². The standard InChI is InChI=1S/C31H30ClF3N4O6/c32-24-12-6-20(7-13-24)14-16-36-30(44)37-17-15-26(40)38-19-27(41)39-25(18-28(42)45-29(43)31(33,34)35)23-10-8-22(9-11-23)21-4-2-1-3-5-21/h1-13,25H,14-19H2,(H,38,40)(H,39,41)(H2,36,37,44). The van der Waals surface area contributed by atoms with Gasteiger partial charge in [0.15, 0.2) is 0 Å². The monoisotopic (exact) mass is 646 g/mol. The molecular weight excluding hydrogens is 617 g/mol. The average Bonchev–Trinajstić information content (AvgIpc) is 3.01. The van der Waals surface area contributed by atoms with E-state index in [1.165, 1.54) is 0 Å². The lowest BCUT2D eigenvalue weighted by Crippen LogP contribution is -2.41. The molecule has 0 fully saturated rings. The highest BCUT2D eigenvalue weighted by Gasteiger charge is 2.42. The van der Waals surface area contributed by atoms with E-state index in [0.29, 0.717) is 23.6 Å². The molecule has 1 unspecified atom stereocenters. The first-order chi connectivity index (χ1) is 21.4. The number of carbonyl (C=O) groups is 5. The minimum atomic E-state index is -5.37. The molecule has 0 bridgehead atoms. The first kappa shape index (κ1) is 34.6. The highest BCUT2D eigenvalue weighted by atomic mass is 35.5. The number of esters is 2. The Hall–Kier alpha value is -4.91. The van der Waals surface area contributed by atoms with Crippen molar-refractivity contribution in [1.82, 2.24) is 21.3 Å². The quantitative estimate of drug-likeness (QED) is 0.162. The van der Waals surface area contributed by atoms with Gasteiger partial charge in [0.25, 0.3) is 0 Å². The van der Waals surface area contributed by atoms with E-state index >= 15 is 0 Å². The maximum absolute atomic E-state index is 12.6. The van der Waals surface area contributed by atoms with Crippen LogP contribution in [0.5, 0.6) is 0 Å². The molecule has 3 aromatic rings. The highest BCUT2D eigenvalue weighted by Crippen LogP contribution is 2.24. The topological polar surface area (TPSA) is 143 Å². The molecule has 0 radical (unpaired) electrons. The Morgan fingerprint density at radius 1 is 0.756 bits per heavy atom. The van der Waals surface area contributed by atoms with Gasteiger partial charge in [0, 0.05) is 24.5 Å². The minimum absolute atomic E-state index is 0.0182. The second-order valence-electron chi connectivity index (χ2n) is 9.66. The first-order valence-electron chi connectivity index (χ1n) is 13.7. The largest absolute Gasteiger partial charge is 0.491 e. The van der Waals surface area contributed by atoms with E-state index in [9.17, 15) is 37.1 Å². The number of ether oxygens (including phenoxy) is 1. The van der Waals surface area contributed by atoms with Crippen molar-refractivity contribution in [2.75, 3.05) is 19.6 Å². The number of hydrogen-bond acceptors (Lipinski definition) is 6. The summed E-state index contributed by atoms with van der Waals surface area (Å²) in [5.41, 5.74) is 3.01. The number of nitrogens with one attached hydrogen (secondary N) is 4. The highest BCUT2D eigenvalue weighted by molar-refractivity contribution is 6.30. The number of hydrogen-bond donors (Lipinski definition) is 4. The molecule has 3 rings (SSSR count). The number of benzene rings is 3. The zero-order valence-corrected chi connectivity index (χ0v) is 24.5. The molecule has 0 aromatic heterocycles. The van der Waals surface area contributed by atoms with E-state index in [1.807, 2.05) is 42.5 Å². The molecule has 3 aromatic carbocycles. The van der Waals surface area contributed by atoms with E-state index in [-0.39, 0.29) is 13.0 Å². The molecule has 4 amide bonds. The Labute approximate surface area is 261 Å². The summed E-state index contributed by atoms with van der Waals surface area (Å²) in [6, 6.07) is 21.3. The molecule has 0 aliphatic carbocycles. The summed E-state index contributed by atoms with van der Waals surface area (Å²) in [6.07, 6.45) is -5.73. The number of rotatable bonds is 13. The fourth-order valence-corrected chi connectivity index (χ4v) is 4.12. The van der Waals surface area contributed by atoms with Gasteiger partial charge in [0.2, 0.25) is 11.8 Å². The van der Waals surface area contributed by atoms with Crippen molar-refractivity contribution in [2.24, 2.45) is 0 Å². The van der Waals surface area contributed by atoms with E-state index in [0.717, 1.165) is 16.7 Å².